The number of carbonyl (C=O) groups excluding carboxylic acids is 1. The first-order valence-electron chi connectivity index (χ1n) is 7.72. The quantitative estimate of drug-likeness (QED) is 0.784. The van der Waals surface area contributed by atoms with Gasteiger partial charge in [0.1, 0.15) is 13.3 Å². The number of aromatic nitrogens is 2. The van der Waals surface area contributed by atoms with Gasteiger partial charge in [0.25, 0.3) is 5.56 Å². The lowest BCUT2D eigenvalue weighted by molar-refractivity contribution is 0.0324. The molecule has 0 aliphatic heterocycles. The van der Waals surface area contributed by atoms with Gasteiger partial charge >= 0.3 is 11.8 Å². The van der Waals surface area contributed by atoms with Crippen molar-refractivity contribution < 1.29 is 14.3 Å². The van der Waals surface area contributed by atoms with Crippen molar-refractivity contribution >= 4 is 6.09 Å². The summed E-state index contributed by atoms with van der Waals surface area (Å²) >= 11 is 0. The summed E-state index contributed by atoms with van der Waals surface area (Å²) in [5.41, 5.74) is -0.825. The van der Waals surface area contributed by atoms with Crippen molar-refractivity contribution in [3.05, 3.63) is 69.0 Å². The first-order chi connectivity index (χ1) is 11.9. The van der Waals surface area contributed by atoms with Crippen molar-refractivity contribution in [2.75, 3.05) is 6.61 Å². The number of nitrogens with zero attached hydrogens (tertiary/aromatic N) is 1. The summed E-state index contributed by atoms with van der Waals surface area (Å²) in [5, 5.41) is 2.71. The van der Waals surface area contributed by atoms with E-state index in [-0.39, 0.29) is 19.9 Å². The smallest absolute Gasteiger partial charge is 0.407 e. The molecular weight excluding hydrogens is 326 g/mol. The predicted molar refractivity (Wildman–Crippen MR) is 91.1 cm³/mol. The molecule has 8 heteroatoms. The van der Waals surface area contributed by atoms with Crippen molar-refractivity contribution in [1.82, 2.24) is 14.9 Å². The van der Waals surface area contributed by atoms with Crippen LogP contribution in [0.4, 0.5) is 4.79 Å². The Hall–Kier alpha value is -2.87. The van der Waals surface area contributed by atoms with Crippen molar-refractivity contribution in [3.8, 4) is 0 Å². The molecule has 2 N–H and O–H groups in total. The van der Waals surface area contributed by atoms with Gasteiger partial charge in [-0.05, 0) is 19.4 Å². The van der Waals surface area contributed by atoms with E-state index in [0.717, 1.165) is 5.56 Å². The zero-order valence-corrected chi connectivity index (χ0v) is 14.2. The minimum Gasteiger partial charge on any atom is -0.445 e. The summed E-state index contributed by atoms with van der Waals surface area (Å²) < 4.78 is 11.8. The topological polar surface area (TPSA) is 102 Å². The number of amides is 1. The van der Waals surface area contributed by atoms with Gasteiger partial charge in [-0.1, -0.05) is 30.3 Å². The molecule has 0 unspecified atom stereocenters. The van der Waals surface area contributed by atoms with Crippen LogP contribution in [0.15, 0.2) is 52.2 Å². The fourth-order valence-electron chi connectivity index (χ4n) is 2.02. The van der Waals surface area contributed by atoms with Crippen LogP contribution < -0.4 is 16.6 Å². The summed E-state index contributed by atoms with van der Waals surface area (Å²) in [6, 6.07) is 10.6. The highest BCUT2D eigenvalue weighted by Crippen LogP contribution is 2.06. The Labute approximate surface area is 144 Å². The largest absolute Gasteiger partial charge is 0.445 e. The highest BCUT2D eigenvalue weighted by molar-refractivity contribution is 5.68. The Bertz CT molecular complexity index is 811. The summed E-state index contributed by atoms with van der Waals surface area (Å²) in [6.45, 7) is 3.83. The third-order valence-corrected chi connectivity index (χ3v) is 3.24. The van der Waals surface area contributed by atoms with E-state index in [0.29, 0.717) is 0 Å². The molecule has 2 rings (SSSR count). The maximum atomic E-state index is 11.9. The van der Waals surface area contributed by atoms with E-state index in [1.807, 2.05) is 30.3 Å². The van der Waals surface area contributed by atoms with Crippen molar-refractivity contribution in [3.63, 3.8) is 0 Å². The molecule has 0 saturated carbocycles. The molecule has 1 aromatic heterocycles. The Kier molecular flexibility index (Phi) is 6.13. The van der Waals surface area contributed by atoms with Gasteiger partial charge in [-0.2, -0.15) is 0 Å². The van der Waals surface area contributed by atoms with Crippen LogP contribution in [0, 0.1) is 0 Å². The lowest BCUT2D eigenvalue weighted by Gasteiger charge is -2.25. The van der Waals surface area contributed by atoms with Crippen molar-refractivity contribution in [2.45, 2.75) is 32.7 Å². The van der Waals surface area contributed by atoms with Gasteiger partial charge in [-0.3, -0.25) is 14.3 Å². The third-order valence-electron chi connectivity index (χ3n) is 3.24. The molecule has 0 saturated heterocycles. The van der Waals surface area contributed by atoms with E-state index < -0.39 is 22.9 Å². The van der Waals surface area contributed by atoms with E-state index in [2.05, 4.69) is 10.3 Å². The van der Waals surface area contributed by atoms with E-state index in [1.54, 1.807) is 13.8 Å². The van der Waals surface area contributed by atoms with E-state index >= 15 is 0 Å². The summed E-state index contributed by atoms with van der Waals surface area (Å²) in [7, 11) is 0. The molecule has 0 spiro atoms. The van der Waals surface area contributed by atoms with Gasteiger partial charge in [-0.15, -0.1) is 0 Å². The number of rotatable bonds is 7. The monoisotopic (exact) mass is 347 g/mol. The van der Waals surface area contributed by atoms with Gasteiger partial charge in [0.15, 0.2) is 0 Å². The minimum atomic E-state index is -0.695. The number of alkyl carbamates (subject to hydrolysis) is 1. The first kappa shape index (κ1) is 18.5. The number of nitrogens with one attached hydrogen (secondary N) is 2. The number of benzene rings is 1. The predicted octanol–water partition coefficient (Wildman–Crippen LogP) is 1.22. The molecule has 1 heterocycles. The van der Waals surface area contributed by atoms with Crippen LogP contribution in [0.25, 0.3) is 0 Å². The molecule has 0 bridgehead atoms. The molecule has 25 heavy (non-hydrogen) atoms. The molecule has 0 aliphatic rings. The fraction of sp³-hybridized carbons (Fsp3) is 0.353. The number of hydrogen-bond acceptors (Lipinski definition) is 5. The number of hydrogen-bond donors (Lipinski definition) is 2. The zero-order valence-electron chi connectivity index (χ0n) is 14.2. The summed E-state index contributed by atoms with van der Waals surface area (Å²) in [5.74, 6) is 0. The fourth-order valence-corrected chi connectivity index (χ4v) is 2.02. The van der Waals surface area contributed by atoms with Gasteiger partial charge in [0.05, 0.1) is 12.1 Å². The van der Waals surface area contributed by atoms with Gasteiger partial charge in [0.2, 0.25) is 0 Å². The molecule has 0 fully saturated rings. The second kappa shape index (κ2) is 8.29. The Morgan fingerprint density at radius 1 is 1.20 bits per heavy atom. The third kappa shape index (κ3) is 6.27. The summed E-state index contributed by atoms with van der Waals surface area (Å²) in [6.07, 6.45) is 0.786. The molecule has 0 radical (unpaired) electrons. The minimum absolute atomic E-state index is 0.0419. The average molecular weight is 347 g/mol. The Morgan fingerprint density at radius 3 is 2.60 bits per heavy atom. The maximum Gasteiger partial charge on any atom is 0.407 e. The summed E-state index contributed by atoms with van der Waals surface area (Å²) in [4.78, 5) is 36.5. The van der Waals surface area contributed by atoms with Crippen LogP contribution >= 0.6 is 0 Å². The number of carbonyl (C=O) groups is 1. The second-order valence-electron chi connectivity index (χ2n) is 6.13. The highest BCUT2D eigenvalue weighted by atomic mass is 16.5. The number of H-pyrrole nitrogens is 1. The zero-order chi connectivity index (χ0) is 18.3. The van der Waals surface area contributed by atoms with E-state index in [9.17, 15) is 14.4 Å². The van der Waals surface area contributed by atoms with E-state index in [1.165, 1.54) is 16.8 Å². The van der Waals surface area contributed by atoms with Crippen LogP contribution in [0.3, 0.4) is 0 Å². The second-order valence-corrected chi connectivity index (χ2v) is 6.13. The molecule has 1 amide bonds. The molecule has 2 aromatic rings. The van der Waals surface area contributed by atoms with Crippen molar-refractivity contribution in [1.29, 1.82) is 0 Å². The average Bonchev–Trinajstić information content (AvgIpc) is 2.55. The van der Waals surface area contributed by atoms with Gasteiger partial charge < -0.3 is 14.8 Å². The lowest BCUT2D eigenvalue weighted by atomic mass is 10.1. The van der Waals surface area contributed by atoms with Gasteiger partial charge in [0, 0.05) is 12.3 Å². The maximum absolute atomic E-state index is 11.9. The van der Waals surface area contributed by atoms with E-state index in [4.69, 9.17) is 9.47 Å². The van der Waals surface area contributed by atoms with Crippen LogP contribution in [-0.2, 0) is 22.8 Å². The number of aromatic amines is 1. The molecule has 0 aliphatic carbocycles. The van der Waals surface area contributed by atoms with Crippen molar-refractivity contribution in [2.24, 2.45) is 0 Å². The lowest BCUT2D eigenvalue weighted by Crippen LogP contribution is -2.47. The van der Waals surface area contributed by atoms with Crippen LogP contribution in [0.1, 0.15) is 19.4 Å². The van der Waals surface area contributed by atoms with Gasteiger partial charge in [-0.25, -0.2) is 9.59 Å². The normalized spacial score (nSPS) is 11.1. The Morgan fingerprint density at radius 2 is 1.92 bits per heavy atom. The first-order valence-corrected chi connectivity index (χ1v) is 7.72. The molecule has 0 atom stereocenters. The highest BCUT2D eigenvalue weighted by Gasteiger charge is 2.21. The Balaban J connectivity index is 1.77. The number of ether oxygens (including phenoxy) is 2. The van der Waals surface area contributed by atoms with Crippen LogP contribution in [0.5, 0.6) is 0 Å². The SMILES string of the molecule is CC(C)(COCn1ccc(=O)[nH]c1=O)NC(=O)OCc1ccccc1. The molecule has 134 valence electrons. The standard InChI is InChI=1S/C17H21N3O5/c1-17(2,11-24-12-20-9-8-14(21)18-15(20)22)19-16(23)25-10-13-6-4-3-5-7-13/h3-9H,10-12H2,1-2H3,(H,19,23)(H,18,21,22). The van der Waals surface area contributed by atoms with Crippen LogP contribution in [0.2, 0.25) is 0 Å². The van der Waals surface area contributed by atoms with Crippen LogP contribution in [-0.4, -0.2) is 27.8 Å². The molecular formula is C17H21N3O5. The molecule has 8 nitrogen and oxygen atoms in total. The molecule has 1 aromatic carbocycles.